The highest BCUT2D eigenvalue weighted by Gasteiger charge is 2.48. The van der Waals surface area contributed by atoms with Crippen LogP contribution in [0.1, 0.15) is 0 Å². The predicted octanol–water partition coefficient (Wildman–Crippen LogP) is 1.24. The second-order valence-corrected chi connectivity index (χ2v) is 4.75. The summed E-state index contributed by atoms with van der Waals surface area (Å²) in [4.78, 5) is 27.2. The number of benzene rings is 1. The lowest BCUT2D eigenvalue weighted by Gasteiger charge is -2.38. The number of likely N-dealkylation sites (N-methyl/N-ethyl adjacent to an activating group) is 1. The number of amides is 3. The molecule has 1 aromatic rings. The van der Waals surface area contributed by atoms with Gasteiger partial charge in [0.05, 0.1) is 30.9 Å². The molecule has 0 aliphatic carbocycles. The van der Waals surface area contributed by atoms with Gasteiger partial charge in [0.15, 0.2) is 0 Å². The van der Waals surface area contributed by atoms with Crippen LogP contribution in [0.5, 0.6) is 0 Å². The number of halogens is 1. The molecule has 0 saturated carbocycles. The van der Waals surface area contributed by atoms with Crippen molar-refractivity contribution in [2.75, 3.05) is 25.2 Å². The van der Waals surface area contributed by atoms with Crippen LogP contribution in [0.4, 0.5) is 14.9 Å². The molecule has 2 heterocycles. The maximum absolute atomic E-state index is 12.9. The number of carbonyl (C=O) groups excluding carboxylic acids is 2. The van der Waals surface area contributed by atoms with E-state index in [0.29, 0.717) is 18.9 Å². The van der Waals surface area contributed by atoms with Crippen molar-refractivity contribution in [1.29, 1.82) is 0 Å². The molecule has 3 rings (SSSR count). The second-order valence-electron chi connectivity index (χ2n) is 4.75. The number of rotatable bonds is 1. The average molecular weight is 264 g/mol. The van der Waals surface area contributed by atoms with Gasteiger partial charge in [0.25, 0.3) is 0 Å². The maximum atomic E-state index is 12.9. The lowest BCUT2D eigenvalue weighted by Crippen LogP contribution is -2.60. The Balaban J connectivity index is 1.98. The fourth-order valence-electron chi connectivity index (χ4n) is 2.55. The topological polar surface area (TPSA) is 49.9 Å². The zero-order chi connectivity index (χ0) is 13.6. The smallest absolute Gasteiger partial charge is 0.331 e. The van der Waals surface area contributed by atoms with Crippen LogP contribution in [0.2, 0.25) is 0 Å². The molecular formula is C13H13FN2O3. The maximum Gasteiger partial charge on any atom is 0.331 e. The summed E-state index contributed by atoms with van der Waals surface area (Å²) >= 11 is 0. The van der Waals surface area contributed by atoms with Crippen LogP contribution in [0.25, 0.3) is 0 Å². The molecule has 2 aliphatic heterocycles. The average Bonchev–Trinajstić information content (AvgIpc) is 2.88. The van der Waals surface area contributed by atoms with Crippen molar-refractivity contribution in [2.24, 2.45) is 5.92 Å². The van der Waals surface area contributed by atoms with Crippen LogP contribution in [-0.4, -0.2) is 43.1 Å². The zero-order valence-corrected chi connectivity index (χ0v) is 10.4. The molecule has 0 radical (unpaired) electrons. The summed E-state index contributed by atoms with van der Waals surface area (Å²) in [6, 6.07) is 4.71. The summed E-state index contributed by atoms with van der Waals surface area (Å²) in [6.45, 7) is 0.703. The number of carbonyl (C=O) groups is 2. The van der Waals surface area contributed by atoms with Crippen molar-refractivity contribution in [1.82, 2.24) is 4.90 Å². The van der Waals surface area contributed by atoms with E-state index in [1.807, 2.05) is 0 Å². The minimum absolute atomic E-state index is 0.198. The molecule has 0 aromatic heterocycles. The summed E-state index contributed by atoms with van der Waals surface area (Å²) in [7, 11) is 1.65. The summed E-state index contributed by atoms with van der Waals surface area (Å²) in [6.07, 6.45) is 0. The first-order valence-electron chi connectivity index (χ1n) is 6.03. The molecule has 5 nitrogen and oxygen atoms in total. The standard InChI is InChI=1S/C13H13FN2O3/c1-15-11-7-19-6-10(11)12(17)16(13(15)18)9-4-2-8(14)3-5-9/h2-5,10-11H,6-7H2,1H3. The number of fused-ring (bicyclic) bond motifs is 1. The van der Waals surface area contributed by atoms with Crippen LogP contribution in [0.3, 0.4) is 0 Å². The van der Waals surface area contributed by atoms with Crippen molar-refractivity contribution >= 4 is 17.6 Å². The van der Waals surface area contributed by atoms with Crippen molar-refractivity contribution in [3.8, 4) is 0 Å². The zero-order valence-electron chi connectivity index (χ0n) is 10.4. The molecule has 6 heteroatoms. The van der Waals surface area contributed by atoms with Gasteiger partial charge in [-0.15, -0.1) is 0 Å². The normalized spacial score (nSPS) is 26.8. The van der Waals surface area contributed by atoms with Gasteiger partial charge in [0.1, 0.15) is 5.82 Å². The van der Waals surface area contributed by atoms with E-state index in [9.17, 15) is 14.0 Å². The Bertz CT molecular complexity index is 531. The number of hydrogen-bond donors (Lipinski definition) is 0. The number of hydrogen-bond acceptors (Lipinski definition) is 3. The van der Waals surface area contributed by atoms with E-state index in [-0.39, 0.29) is 17.9 Å². The molecule has 0 spiro atoms. The second kappa shape index (κ2) is 4.31. The van der Waals surface area contributed by atoms with Crippen molar-refractivity contribution in [3.63, 3.8) is 0 Å². The van der Waals surface area contributed by atoms with Gasteiger partial charge >= 0.3 is 6.03 Å². The first-order valence-corrected chi connectivity index (χ1v) is 6.03. The Labute approximate surface area is 109 Å². The quantitative estimate of drug-likeness (QED) is 0.766. The van der Waals surface area contributed by atoms with E-state index in [0.717, 1.165) is 4.90 Å². The number of nitrogens with zero attached hydrogens (tertiary/aromatic N) is 2. The lowest BCUT2D eigenvalue weighted by molar-refractivity contribution is -0.124. The van der Waals surface area contributed by atoms with Crippen LogP contribution in [0.15, 0.2) is 24.3 Å². The van der Waals surface area contributed by atoms with Gasteiger partial charge in [-0.1, -0.05) is 0 Å². The molecule has 1 aromatic carbocycles. The molecule has 3 amide bonds. The monoisotopic (exact) mass is 264 g/mol. The predicted molar refractivity (Wildman–Crippen MR) is 65.1 cm³/mol. The van der Waals surface area contributed by atoms with E-state index in [1.54, 1.807) is 7.05 Å². The highest BCUT2D eigenvalue weighted by atomic mass is 19.1. The van der Waals surface area contributed by atoms with Crippen LogP contribution < -0.4 is 4.90 Å². The van der Waals surface area contributed by atoms with Gasteiger partial charge in [0.2, 0.25) is 5.91 Å². The van der Waals surface area contributed by atoms with E-state index in [2.05, 4.69) is 0 Å². The van der Waals surface area contributed by atoms with Gasteiger partial charge in [-0.25, -0.2) is 14.1 Å². The van der Waals surface area contributed by atoms with Gasteiger partial charge in [-0.3, -0.25) is 4.79 Å². The van der Waals surface area contributed by atoms with Gasteiger partial charge in [-0.05, 0) is 24.3 Å². The summed E-state index contributed by atoms with van der Waals surface area (Å²) in [5, 5.41) is 0. The molecule has 2 unspecified atom stereocenters. The number of anilines is 1. The van der Waals surface area contributed by atoms with E-state index in [1.165, 1.54) is 29.2 Å². The Morgan fingerprint density at radius 1 is 1.21 bits per heavy atom. The van der Waals surface area contributed by atoms with Crippen LogP contribution >= 0.6 is 0 Å². The SMILES string of the molecule is CN1C(=O)N(c2ccc(F)cc2)C(=O)C2COCC21. The molecule has 2 atom stereocenters. The fraction of sp³-hybridized carbons (Fsp3) is 0.385. The van der Waals surface area contributed by atoms with Crippen molar-refractivity contribution in [3.05, 3.63) is 30.1 Å². The first kappa shape index (κ1) is 12.1. The van der Waals surface area contributed by atoms with E-state index in [4.69, 9.17) is 4.74 Å². The molecule has 0 N–H and O–H groups in total. The Morgan fingerprint density at radius 2 is 1.89 bits per heavy atom. The molecule has 2 fully saturated rings. The third-order valence-electron chi connectivity index (χ3n) is 3.66. The first-order chi connectivity index (χ1) is 9.09. The van der Waals surface area contributed by atoms with Crippen LogP contribution in [0, 0.1) is 11.7 Å². The lowest BCUT2D eigenvalue weighted by atomic mass is 9.98. The largest absolute Gasteiger partial charge is 0.378 e. The Hall–Kier alpha value is -1.95. The number of ether oxygens (including phenoxy) is 1. The van der Waals surface area contributed by atoms with Gasteiger partial charge in [-0.2, -0.15) is 0 Å². The Kier molecular flexibility index (Phi) is 2.74. The molecular weight excluding hydrogens is 251 g/mol. The number of imide groups is 1. The number of urea groups is 1. The third-order valence-corrected chi connectivity index (χ3v) is 3.66. The minimum Gasteiger partial charge on any atom is -0.378 e. The van der Waals surface area contributed by atoms with Gasteiger partial charge < -0.3 is 9.64 Å². The van der Waals surface area contributed by atoms with E-state index < -0.39 is 11.8 Å². The summed E-state index contributed by atoms with van der Waals surface area (Å²) in [5.41, 5.74) is 0.383. The molecule has 0 bridgehead atoms. The van der Waals surface area contributed by atoms with Gasteiger partial charge in [0, 0.05) is 7.05 Å². The Morgan fingerprint density at radius 3 is 2.58 bits per heavy atom. The molecule has 19 heavy (non-hydrogen) atoms. The fourth-order valence-corrected chi connectivity index (χ4v) is 2.55. The van der Waals surface area contributed by atoms with E-state index >= 15 is 0 Å². The summed E-state index contributed by atoms with van der Waals surface area (Å²) in [5.74, 6) is -1.03. The summed E-state index contributed by atoms with van der Waals surface area (Å²) < 4.78 is 18.2. The highest BCUT2D eigenvalue weighted by Crippen LogP contribution is 2.30. The highest BCUT2D eigenvalue weighted by molar-refractivity contribution is 6.17. The minimum atomic E-state index is -0.406. The third kappa shape index (κ3) is 1.79. The van der Waals surface area contributed by atoms with Crippen molar-refractivity contribution in [2.45, 2.75) is 6.04 Å². The molecule has 100 valence electrons. The van der Waals surface area contributed by atoms with Crippen molar-refractivity contribution < 1.29 is 18.7 Å². The molecule has 2 aliphatic rings. The van der Waals surface area contributed by atoms with Crippen LogP contribution in [-0.2, 0) is 9.53 Å². The molecule has 2 saturated heterocycles.